The molecule has 0 amide bonds. The van der Waals surface area contributed by atoms with E-state index in [0.717, 1.165) is 42.9 Å². The molecule has 9 atom stereocenters. The van der Waals surface area contributed by atoms with Crippen LogP contribution in [0.3, 0.4) is 0 Å². The first-order valence-electron chi connectivity index (χ1n) is 18.2. The molecule has 4 aliphatic rings. The van der Waals surface area contributed by atoms with Crippen LogP contribution in [-0.2, 0) is 9.16 Å². The van der Waals surface area contributed by atoms with Gasteiger partial charge >= 0.3 is 5.97 Å². The standard InChI is InChI=1S/C40H64O3Si/c1-27(2)15-14-16-28(3)36-35(43-44(9,10)38(4,5)6)26-34-32-20-19-30-25-31(42-37(41)29-17-12-11-13-18-29)21-23-39(30,7)33(32)22-24-40(34,36)8/h11-13,17-19,27-28,31-36H,14-16,20-26H2,1-10H3/t28-,31+,32?,33?,34?,35+,36+,39+,40+/m1/s1. The van der Waals surface area contributed by atoms with E-state index in [0.29, 0.717) is 28.9 Å². The summed E-state index contributed by atoms with van der Waals surface area (Å²) in [6.07, 6.45) is 15.1. The second-order valence-corrected chi connectivity index (χ2v) is 22.7. The number of ether oxygens (including phenoxy) is 1. The van der Waals surface area contributed by atoms with Gasteiger partial charge in [-0.25, -0.2) is 4.79 Å². The van der Waals surface area contributed by atoms with Crippen molar-refractivity contribution < 1.29 is 14.0 Å². The zero-order valence-corrected chi connectivity index (χ0v) is 30.9. The Morgan fingerprint density at radius 3 is 2.36 bits per heavy atom. The highest BCUT2D eigenvalue weighted by molar-refractivity contribution is 6.74. The van der Waals surface area contributed by atoms with Crippen molar-refractivity contribution in [1.82, 2.24) is 0 Å². The maximum absolute atomic E-state index is 12.9. The topological polar surface area (TPSA) is 35.5 Å². The van der Waals surface area contributed by atoms with Gasteiger partial charge in [0.1, 0.15) is 6.10 Å². The normalized spacial score (nSPS) is 36.2. The summed E-state index contributed by atoms with van der Waals surface area (Å²) < 4.78 is 13.5. The molecule has 0 heterocycles. The van der Waals surface area contributed by atoms with Crippen molar-refractivity contribution in [1.29, 1.82) is 0 Å². The summed E-state index contributed by atoms with van der Waals surface area (Å²) in [7, 11) is -1.89. The molecule has 0 N–H and O–H groups in total. The van der Waals surface area contributed by atoms with E-state index in [1.165, 1.54) is 44.9 Å². The second kappa shape index (κ2) is 12.7. The highest BCUT2D eigenvalue weighted by Gasteiger charge is 2.63. The SMILES string of the molecule is CC(C)CCC[C@@H](C)[C@H]1[C@@H](O[Si](C)(C)C(C)(C)C)CC2C3CC=C4C[C@@H](OC(=O)c5ccccc5)CC[C@]4(C)C3CC[C@@]21C. The van der Waals surface area contributed by atoms with Gasteiger partial charge in [-0.05, 0) is 115 Å². The van der Waals surface area contributed by atoms with Crippen LogP contribution in [0.1, 0.15) is 130 Å². The summed E-state index contributed by atoms with van der Waals surface area (Å²) in [5.41, 5.74) is 2.82. The Balaban J connectivity index is 1.36. The number of benzene rings is 1. The summed E-state index contributed by atoms with van der Waals surface area (Å²) in [4.78, 5) is 12.9. The highest BCUT2D eigenvalue weighted by atomic mass is 28.4. The van der Waals surface area contributed by atoms with Crippen LogP contribution < -0.4 is 0 Å². The molecule has 3 nitrogen and oxygen atoms in total. The first kappa shape index (κ1) is 34.0. The van der Waals surface area contributed by atoms with Crippen LogP contribution in [0.25, 0.3) is 0 Å². The number of rotatable bonds is 9. The van der Waals surface area contributed by atoms with Crippen LogP contribution in [0.15, 0.2) is 42.0 Å². The van der Waals surface area contributed by atoms with Crippen LogP contribution >= 0.6 is 0 Å². The largest absolute Gasteiger partial charge is 0.458 e. The maximum atomic E-state index is 12.9. The van der Waals surface area contributed by atoms with Crippen LogP contribution in [0.4, 0.5) is 0 Å². The molecular formula is C40H64O3Si. The Hall–Kier alpha value is -1.39. The summed E-state index contributed by atoms with van der Waals surface area (Å²) in [6, 6.07) is 9.50. The third-order valence-corrected chi connectivity index (χ3v) is 18.2. The number of allylic oxidation sites excluding steroid dienone is 1. The fourth-order valence-electron chi connectivity index (χ4n) is 10.3. The van der Waals surface area contributed by atoms with Gasteiger partial charge in [-0.2, -0.15) is 0 Å². The van der Waals surface area contributed by atoms with Crippen LogP contribution in [0.5, 0.6) is 0 Å². The summed E-state index contributed by atoms with van der Waals surface area (Å²) >= 11 is 0. The van der Waals surface area contributed by atoms with Gasteiger partial charge < -0.3 is 9.16 Å². The average molecular weight is 621 g/mol. The minimum atomic E-state index is -1.89. The molecule has 1 aromatic rings. The molecule has 0 bridgehead atoms. The Kier molecular flexibility index (Phi) is 9.77. The number of carbonyl (C=O) groups excluding carboxylic acids is 1. The van der Waals surface area contributed by atoms with E-state index in [9.17, 15) is 4.79 Å². The van der Waals surface area contributed by atoms with E-state index in [1.54, 1.807) is 5.57 Å². The predicted molar refractivity (Wildman–Crippen MR) is 186 cm³/mol. The molecule has 0 aromatic heterocycles. The van der Waals surface area contributed by atoms with Crippen molar-refractivity contribution in [3.05, 3.63) is 47.5 Å². The Bertz CT molecular complexity index is 1180. The fraction of sp³-hybridized carbons (Fsp3) is 0.775. The van der Waals surface area contributed by atoms with Crippen LogP contribution in [0.2, 0.25) is 18.1 Å². The van der Waals surface area contributed by atoms with Crippen molar-refractivity contribution in [2.24, 2.45) is 46.3 Å². The van der Waals surface area contributed by atoms with E-state index in [-0.39, 0.29) is 22.5 Å². The monoisotopic (exact) mass is 620 g/mol. The minimum absolute atomic E-state index is 0.00245. The van der Waals surface area contributed by atoms with Crippen molar-refractivity contribution in [3.8, 4) is 0 Å². The van der Waals surface area contributed by atoms with E-state index in [4.69, 9.17) is 9.16 Å². The quantitative estimate of drug-likeness (QED) is 0.156. The van der Waals surface area contributed by atoms with Crippen molar-refractivity contribution >= 4 is 14.3 Å². The lowest BCUT2D eigenvalue weighted by Gasteiger charge is -2.58. The van der Waals surface area contributed by atoms with Crippen molar-refractivity contribution in [2.75, 3.05) is 0 Å². The predicted octanol–water partition coefficient (Wildman–Crippen LogP) is 11.3. The minimum Gasteiger partial charge on any atom is -0.458 e. The van der Waals surface area contributed by atoms with E-state index in [1.807, 2.05) is 30.3 Å². The lowest BCUT2D eigenvalue weighted by molar-refractivity contribution is -0.0632. The van der Waals surface area contributed by atoms with Gasteiger partial charge in [0.2, 0.25) is 0 Å². The fourth-order valence-corrected chi connectivity index (χ4v) is 11.6. The zero-order chi connectivity index (χ0) is 32.1. The van der Waals surface area contributed by atoms with Gasteiger partial charge in [0, 0.05) is 12.5 Å². The molecule has 44 heavy (non-hydrogen) atoms. The van der Waals surface area contributed by atoms with Crippen molar-refractivity contribution in [2.45, 2.75) is 150 Å². The van der Waals surface area contributed by atoms with Crippen LogP contribution in [0, 0.1) is 46.3 Å². The van der Waals surface area contributed by atoms with Gasteiger partial charge in [-0.1, -0.05) is 105 Å². The molecular weight excluding hydrogens is 557 g/mol. The highest BCUT2D eigenvalue weighted by Crippen LogP contribution is 2.68. The van der Waals surface area contributed by atoms with Gasteiger partial charge in [0.15, 0.2) is 8.32 Å². The van der Waals surface area contributed by atoms with E-state index in [2.05, 4.69) is 74.6 Å². The van der Waals surface area contributed by atoms with Gasteiger partial charge in [0.25, 0.3) is 0 Å². The Morgan fingerprint density at radius 1 is 1.00 bits per heavy atom. The average Bonchev–Trinajstić information content (AvgIpc) is 3.24. The first-order valence-corrected chi connectivity index (χ1v) is 21.1. The molecule has 0 radical (unpaired) electrons. The molecule has 0 spiro atoms. The van der Waals surface area contributed by atoms with E-state index >= 15 is 0 Å². The third-order valence-electron chi connectivity index (χ3n) is 13.7. The van der Waals surface area contributed by atoms with Crippen LogP contribution in [-0.4, -0.2) is 26.5 Å². The molecule has 3 saturated carbocycles. The summed E-state index contributed by atoms with van der Waals surface area (Å²) in [6.45, 7) is 24.7. The molecule has 0 aliphatic heterocycles. The Labute approximate surface area is 271 Å². The summed E-state index contributed by atoms with van der Waals surface area (Å²) in [5.74, 6) is 4.17. The lowest BCUT2D eigenvalue weighted by Crippen LogP contribution is -2.51. The lowest BCUT2D eigenvalue weighted by atomic mass is 9.47. The van der Waals surface area contributed by atoms with Gasteiger partial charge in [-0.15, -0.1) is 0 Å². The number of carbonyl (C=O) groups is 1. The molecule has 3 fully saturated rings. The van der Waals surface area contributed by atoms with Gasteiger partial charge in [0.05, 0.1) is 5.56 Å². The molecule has 5 rings (SSSR count). The molecule has 0 saturated heterocycles. The smallest absolute Gasteiger partial charge is 0.338 e. The zero-order valence-electron chi connectivity index (χ0n) is 29.9. The van der Waals surface area contributed by atoms with E-state index < -0.39 is 8.32 Å². The third kappa shape index (κ3) is 6.42. The number of hydrogen-bond donors (Lipinski definition) is 0. The number of fused-ring (bicyclic) bond motifs is 5. The second-order valence-electron chi connectivity index (χ2n) is 17.9. The molecule has 4 heteroatoms. The van der Waals surface area contributed by atoms with Crippen molar-refractivity contribution in [3.63, 3.8) is 0 Å². The molecule has 4 aliphatic carbocycles. The summed E-state index contributed by atoms with van der Waals surface area (Å²) in [5, 5.41) is 0.230. The first-order chi connectivity index (χ1) is 20.6. The van der Waals surface area contributed by atoms with Gasteiger partial charge in [-0.3, -0.25) is 0 Å². The molecule has 246 valence electrons. The maximum Gasteiger partial charge on any atom is 0.338 e. The Morgan fingerprint density at radius 2 is 1.70 bits per heavy atom. The number of esters is 1. The molecule has 3 unspecified atom stereocenters. The molecule has 1 aromatic carbocycles. The number of hydrogen-bond acceptors (Lipinski definition) is 3.